The van der Waals surface area contributed by atoms with Crippen molar-refractivity contribution in [2.24, 2.45) is 0 Å². The van der Waals surface area contributed by atoms with Crippen molar-refractivity contribution in [1.82, 2.24) is 19.1 Å². The summed E-state index contributed by atoms with van der Waals surface area (Å²) in [7, 11) is 0. The Bertz CT molecular complexity index is 1510. The predicted octanol–water partition coefficient (Wildman–Crippen LogP) is 4.17. The summed E-state index contributed by atoms with van der Waals surface area (Å²) in [6.07, 6.45) is 5.85. The van der Waals surface area contributed by atoms with Crippen LogP contribution in [0, 0.1) is 40.1 Å². The van der Waals surface area contributed by atoms with Crippen LogP contribution >= 0.6 is 0 Å². The highest BCUT2D eigenvalue weighted by Crippen LogP contribution is 2.31. The minimum absolute atomic E-state index is 0.0445. The molecule has 2 atom stereocenters. The minimum Gasteiger partial charge on any atom is -0.365 e. The number of imidazole rings is 2. The zero-order valence-corrected chi connectivity index (χ0v) is 19.3. The Labute approximate surface area is 209 Å². The number of benzene rings is 2. The molecular formula is C26H19F3N6O2. The van der Waals surface area contributed by atoms with Gasteiger partial charge in [0.25, 0.3) is 0 Å². The molecule has 2 aromatic heterocycles. The number of hydrogen-bond acceptors (Lipinski definition) is 6. The van der Waals surface area contributed by atoms with E-state index in [4.69, 9.17) is 20.0 Å². The van der Waals surface area contributed by atoms with E-state index >= 15 is 0 Å². The van der Waals surface area contributed by atoms with Crippen LogP contribution in [0.25, 0.3) is 0 Å². The molecular weight excluding hydrogens is 485 g/mol. The number of nitrogens with zero attached hydrogens (tertiary/aromatic N) is 6. The lowest BCUT2D eigenvalue weighted by Gasteiger charge is -2.25. The number of aromatic nitrogens is 4. The van der Waals surface area contributed by atoms with Gasteiger partial charge in [-0.25, -0.2) is 23.1 Å². The molecule has 186 valence electrons. The zero-order chi connectivity index (χ0) is 25.9. The molecule has 0 amide bonds. The van der Waals surface area contributed by atoms with E-state index in [9.17, 15) is 13.2 Å². The van der Waals surface area contributed by atoms with Crippen molar-refractivity contribution in [2.45, 2.75) is 25.3 Å². The number of hydrogen-bond donors (Lipinski definition) is 0. The molecule has 2 unspecified atom stereocenters. The lowest BCUT2D eigenvalue weighted by molar-refractivity contribution is 0.0461. The Morgan fingerprint density at radius 2 is 1.30 bits per heavy atom. The lowest BCUT2D eigenvalue weighted by atomic mass is 10.0. The molecule has 2 aromatic carbocycles. The van der Waals surface area contributed by atoms with Crippen LogP contribution in [-0.2, 0) is 22.6 Å². The maximum absolute atomic E-state index is 13.6. The normalized spacial score (nSPS) is 18.0. The third-order valence-electron chi connectivity index (χ3n) is 6.16. The quantitative estimate of drug-likeness (QED) is 0.406. The van der Waals surface area contributed by atoms with Gasteiger partial charge in [-0.2, -0.15) is 10.5 Å². The van der Waals surface area contributed by atoms with Crippen LogP contribution in [0.2, 0.25) is 0 Å². The van der Waals surface area contributed by atoms with Gasteiger partial charge in [0, 0.05) is 13.1 Å². The Hall–Kier alpha value is -4.45. The topological polar surface area (TPSA) is 102 Å². The summed E-state index contributed by atoms with van der Waals surface area (Å²) >= 11 is 0. The Kier molecular flexibility index (Phi) is 6.73. The van der Waals surface area contributed by atoms with E-state index in [1.54, 1.807) is 37.2 Å². The fraction of sp³-hybridized carbons (Fsp3) is 0.231. The van der Waals surface area contributed by atoms with Crippen LogP contribution < -0.4 is 0 Å². The third kappa shape index (κ3) is 4.70. The van der Waals surface area contributed by atoms with Crippen molar-refractivity contribution >= 4 is 0 Å². The maximum Gasteiger partial charge on any atom is 0.144 e. The van der Waals surface area contributed by atoms with Gasteiger partial charge >= 0.3 is 0 Å². The first-order valence-corrected chi connectivity index (χ1v) is 11.3. The second kappa shape index (κ2) is 10.3. The standard InChI is InChI=1S/C13H9F2N3O.C13H10FN3O/c14-10-3-8(4-11(15)9(10)5-16)13-12-6-17-7-18(12)1-2-19-13;14-11-5-9(1-2-10(11)6-15)13-12-7-16-8-17(12)3-4-18-13/h3-4,6-7,13H,1-2H2;1-2,5,7-8,13H,3-4H2. The largest absolute Gasteiger partial charge is 0.365 e. The van der Waals surface area contributed by atoms with Crippen molar-refractivity contribution in [1.29, 1.82) is 10.5 Å². The molecule has 6 rings (SSSR count). The first-order chi connectivity index (χ1) is 18.0. The van der Waals surface area contributed by atoms with Gasteiger partial charge in [-0.15, -0.1) is 0 Å². The summed E-state index contributed by atoms with van der Waals surface area (Å²) in [5.41, 5.74) is 2.17. The number of nitriles is 2. The Morgan fingerprint density at radius 3 is 1.81 bits per heavy atom. The number of halogens is 3. The van der Waals surface area contributed by atoms with Gasteiger partial charge in [0.05, 0.1) is 55.2 Å². The van der Waals surface area contributed by atoms with Crippen LogP contribution in [0.3, 0.4) is 0 Å². The average Bonchev–Trinajstić information content (AvgIpc) is 3.58. The second-order valence-corrected chi connectivity index (χ2v) is 8.35. The zero-order valence-electron chi connectivity index (χ0n) is 19.3. The van der Waals surface area contributed by atoms with Crippen molar-refractivity contribution in [3.63, 3.8) is 0 Å². The highest BCUT2D eigenvalue weighted by molar-refractivity contribution is 5.38. The molecule has 2 aliphatic rings. The molecule has 0 N–H and O–H groups in total. The number of fused-ring (bicyclic) bond motifs is 2. The fourth-order valence-corrected chi connectivity index (χ4v) is 4.35. The molecule has 37 heavy (non-hydrogen) atoms. The molecule has 0 radical (unpaired) electrons. The van der Waals surface area contributed by atoms with Crippen LogP contribution in [0.15, 0.2) is 55.4 Å². The molecule has 11 heteroatoms. The Balaban J connectivity index is 0.000000152. The molecule has 0 fully saturated rings. The van der Waals surface area contributed by atoms with E-state index in [1.807, 2.05) is 9.13 Å². The van der Waals surface area contributed by atoms with E-state index < -0.39 is 29.1 Å². The van der Waals surface area contributed by atoms with E-state index in [-0.39, 0.29) is 11.7 Å². The molecule has 0 spiro atoms. The van der Waals surface area contributed by atoms with Crippen LogP contribution in [-0.4, -0.2) is 32.3 Å². The van der Waals surface area contributed by atoms with Crippen molar-refractivity contribution in [2.75, 3.05) is 13.2 Å². The van der Waals surface area contributed by atoms with Gasteiger partial charge in [-0.1, -0.05) is 6.07 Å². The monoisotopic (exact) mass is 504 g/mol. The molecule has 0 bridgehead atoms. The predicted molar refractivity (Wildman–Crippen MR) is 122 cm³/mol. The van der Waals surface area contributed by atoms with Gasteiger partial charge in [0.2, 0.25) is 0 Å². The van der Waals surface area contributed by atoms with E-state index in [1.165, 1.54) is 18.2 Å². The van der Waals surface area contributed by atoms with Gasteiger partial charge in [-0.05, 0) is 35.4 Å². The first-order valence-electron chi connectivity index (χ1n) is 11.3. The summed E-state index contributed by atoms with van der Waals surface area (Å²) in [5, 5.41) is 17.4. The molecule has 2 aliphatic heterocycles. The van der Waals surface area contributed by atoms with Crippen molar-refractivity contribution in [3.8, 4) is 12.1 Å². The first kappa shape index (κ1) is 24.3. The van der Waals surface area contributed by atoms with E-state index in [0.29, 0.717) is 30.9 Å². The van der Waals surface area contributed by atoms with Crippen LogP contribution in [0.5, 0.6) is 0 Å². The lowest BCUT2D eigenvalue weighted by Crippen LogP contribution is -2.21. The van der Waals surface area contributed by atoms with E-state index in [2.05, 4.69) is 9.97 Å². The van der Waals surface area contributed by atoms with E-state index in [0.717, 1.165) is 30.1 Å². The smallest absolute Gasteiger partial charge is 0.144 e. The minimum atomic E-state index is -0.877. The number of ether oxygens (including phenoxy) is 2. The summed E-state index contributed by atoms with van der Waals surface area (Å²) in [4.78, 5) is 8.07. The second-order valence-electron chi connectivity index (χ2n) is 8.35. The molecule has 0 saturated carbocycles. The van der Waals surface area contributed by atoms with Gasteiger partial charge in [0.15, 0.2) is 0 Å². The SMILES string of the molecule is N#Cc1c(F)cc(C2OCCn3cncc32)cc1F.N#Cc1ccc(C2OCCn3cncc32)cc1F. The average molecular weight is 504 g/mol. The Morgan fingerprint density at radius 1 is 0.757 bits per heavy atom. The molecule has 0 saturated heterocycles. The van der Waals surface area contributed by atoms with Crippen LogP contribution in [0.1, 0.15) is 45.8 Å². The van der Waals surface area contributed by atoms with Crippen LogP contribution in [0.4, 0.5) is 13.2 Å². The summed E-state index contributed by atoms with van der Waals surface area (Å²) in [6.45, 7) is 2.42. The highest BCUT2D eigenvalue weighted by Gasteiger charge is 2.26. The maximum atomic E-state index is 13.6. The molecule has 8 nitrogen and oxygen atoms in total. The number of rotatable bonds is 2. The fourth-order valence-electron chi connectivity index (χ4n) is 4.35. The molecule has 0 aliphatic carbocycles. The molecule has 4 aromatic rings. The van der Waals surface area contributed by atoms with Gasteiger partial charge in [0.1, 0.15) is 47.4 Å². The third-order valence-corrected chi connectivity index (χ3v) is 6.16. The summed E-state index contributed by atoms with van der Waals surface area (Å²) in [6, 6.07) is 10.1. The highest BCUT2D eigenvalue weighted by atomic mass is 19.1. The molecule has 4 heterocycles. The van der Waals surface area contributed by atoms with Gasteiger partial charge < -0.3 is 18.6 Å². The summed E-state index contributed by atoms with van der Waals surface area (Å²) in [5.74, 6) is -2.27. The van der Waals surface area contributed by atoms with Gasteiger partial charge in [-0.3, -0.25) is 0 Å². The summed E-state index contributed by atoms with van der Waals surface area (Å²) < 4.78 is 56.0. The van der Waals surface area contributed by atoms with Crippen molar-refractivity contribution in [3.05, 3.63) is 106 Å². The van der Waals surface area contributed by atoms with Crippen molar-refractivity contribution < 1.29 is 22.6 Å².